The molecule has 2 atom stereocenters. The van der Waals surface area contributed by atoms with E-state index in [1.54, 1.807) is 17.0 Å². The van der Waals surface area contributed by atoms with E-state index < -0.39 is 4.92 Å². The van der Waals surface area contributed by atoms with Crippen LogP contribution in [0.3, 0.4) is 0 Å². The summed E-state index contributed by atoms with van der Waals surface area (Å²) in [6.45, 7) is 4.76. The first-order valence-electron chi connectivity index (χ1n) is 8.49. The Kier molecular flexibility index (Phi) is 5.18. The molecule has 1 heterocycles. The average Bonchev–Trinajstić information content (AvgIpc) is 2.61. The lowest BCUT2D eigenvalue weighted by Crippen LogP contribution is -2.48. The van der Waals surface area contributed by atoms with Gasteiger partial charge in [0.1, 0.15) is 5.69 Å². The molecule has 136 valence electrons. The Labute approximate surface area is 151 Å². The second-order valence-electron chi connectivity index (χ2n) is 6.45. The van der Waals surface area contributed by atoms with Crippen LogP contribution in [0, 0.1) is 10.1 Å². The van der Waals surface area contributed by atoms with E-state index in [0.29, 0.717) is 24.3 Å². The van der Waals surface area contributed by atoms with Crippen molar-refractivity contribution in [2.24, 2.45) is 0 Å². The van der Waals surface area contributed by atoms with Crippen molar-refractivity contribution in [1.82, 2.24) is 4.90 Å². The lowest BCUT2D eigenvalue weighted by atomic mass is 10.1. The number of hydrogen-bond donors (Lipinski definition) is 1. The van der Waals surface area contributed by atoms with Crippen LogP contribution >= 0.6 is 0 Å². The minimum absolute atomic E-state index is 0.0586. The molecule has 0 aliphatic carbocycles. The first-order chi connectivity index (χ1) is 12.4. The third-order valence-corrected chi connectivity index (χ3v) is 4.20. The number of anilines is 2. The Bertz CT molecular complexity index is 800. The normalized spacial score (nSPS) is 19.8. The minimum Gasteiger partial charge on any atom is -0.372 e. The summed E-state index contributed by atoms with van der Waals surface area (Å²) in [6, 6.07) is 13.7. The van der Waals surface area contributed by atoms with Gasteiger partial charge in [-0.15, -0.1) is 0 Å². The zero-order chi connectivity index (χ0) is 18.7. The van der Waals surface area contributed by atoms with E-state index >= 15 is 0 Å². The maximum absolute atomic E-state index is 12.8. The van der Waals surface area contributed by atoms with Gasteiger partial charge in [0.2, 0.25) is 0 Å². The van der Waals surface area contributed by atoms with Crippen LogP contribution in [0.4, 0.5) is 17.1 Å². The van der Waals surface area contributed by atoms with Gasteiger partial charge in [0.05, 0.1) is 17.1 Å². The molecule has 1 saturated heterocycles. The third-order valence-electron chi connectivity index (χ3n) is 4.20. The van der Waals surface area contributed by atoms with E-state index in [4.69, 9.17) is 4.74 Å². The van der Waals surface area contributed by atoms with Gasteiger partial charge in [-0.25, -0.2) is 0 Å². The molecule has 0 aromatic heterocycles. The molecule has 2 aromatic carbocycles. The maximum atomic E-state index is 12.8. The van der Waals surface area contributed by atoms with E-state index in [9.17, 15) is 14.9 Å². The van der Waals surface area contributed by atoms with Crippen LogP contribution in [0.25, 0.3) is 0 Å². The Morgan fingerprint density at radius 1 is 1.15 bits per heavy atom. The summed E-state index contributed by atoms with van der Waals surface area (Å²) in [7, 11) is 0. The molecule has 7 heteroatoms. The third kappa shape index (κ3) is 4.00. The molecule has 26 heavy (non-hydrogen) atoms. The van der Waals surface area contributed by atoms with Crippen molar-refractivity contribution in [3.8, 4) is 0 Å². The highest BCUT2D eigenvalue weighted by Crippen LogP contribution is 2.29. The fourth-order valence-corrected chi connectivity index (χ4v) is 3.12. The van der Waals surface area contributed by atoms with Gasteiger partial charge in [-0.1, -0.05) is 18.2 Å². The number of para-hydroxylation sites is 1. The summed E-state index contributed by atoms with van der Waals surface area (Å²) in [5.74, 6) is -0.221. The van der Waals surface area contributed by atoms with E-state index in [0.717, 1.165) is 5.69 Å². The highest BCUT2D eigenvalue weighted by molar-refractivity contribution is 5.96. The molecular formula is C19H21N3O4. The van der Waals surface area contributed by atoms with Gasteiger partial charge in [-0.2, -0.15) is 0 Å². The number of carbonyl (C=O) groups is 1. The van der Waals surface area contributed by atoms with E-state index in [2.05, 4.69) is 5.32 Å². The van der Waals surface area contributed by atoms with Crippen LogP contribution < -0.4 is 5.32 Å². The molecule has 7 nitrogen and oxygen atoms in total. The number of carbonyl (C=O) groups excluding carboxylic acids is 1. The van der Waals surface area contributed by atoms with Gasteiger partial charge in [-0.05, 0) is 38.1 Å². The van der Waals surface area contributed by atoms with Gasteiger partial charge in [-0.3, -0.25) is 14.9 Å². The molecule has 1 N–H and O–H groups in total. The SMILES string of the molecule is CC1CN(C(=O)c2ccc(Nc3ccccc3)c([N+](=O)[O-])c2)CC(C)O1. The number of nitro groups is 1. The van der Waals surface area contributed by atoms with Crippen molar-refractivity contribution in [2.45, 2.75) is 26.1 Å². The second kappa shape index (κ2) is 7.53. The molecule has 3 rings (SSSR count). The molecular weight excluding hydrogens is 334 g/mol. The second-order valence-corrected chi connectivity index (χ2v) is 6.45. The highest BCUT2D eigenvalue weighted by Gasteiger charge is 2.28. The van der Waals surface area contributed by atoms with Crippen LogP contribution in [-0.4, -0.2) is 41.0 Å². The zero-order valence-electron chi connectivity index (χ0n) is 14.7. The molecule has 1 aliphatic heterocycles. The number of nitro benzene ring substituents is 1. The van der Waals surface area contributed by atoms with Crippen molar-refractivity contribution < 1.29 is 14.5 Å². The summed E-state index contributed by atoms with van der Waals surface area (Å²) in [4.78, 5) is 25.5. The summed E-state index contributed by atoms with van der Waals surface area (Å²) in [6.07, 6.45) is -0.117. The lowest BCUT2D eigenvalue weighted by molar-refractivity contribution is -0.383. The molecule has 1 amide bonds. The standard InChI is InChI=1S/C19H21N3O4/c1-13-11-21(12-14(2)26-13)19(23)15-8-9-17(18(10-15)22(24)25)20-16-6-4-3-5-7-16/h3-10,13-14,20H,11-12H2,1-2H3. The van der Waals surface area contributed by atoms with Crippen LogP contribution in [-0.2, 0) is 4.74 Å². The van der Waals surface area contributed by atoms with Crippen LogP contribution in [0.15, 0.2) is 48.5 Å². The van der Waals surface area contributed by atoms with Crippen LogP contribution in [0.5, 0.6) is 0 Å². The van der Waals surface area contributed by atoms with Crippen LogP contribution in [0.1, 0.15) is 24.2 Å². The topological polar surface area (TPSA) is 84.7 Å². The molecule has 2 unspecified atom stereocenters. The van der Waals surface area contributed by atoms with Gasteiger partial charge in [0, 0.05) is 30.4 Å². The van der Waals surface area contributed by atoms with E-state index in [-0.39, 0.29) is 23.8 Å². The Morgan fingerprint density at radius 2 is 1.81 bits per heavy atom. The number of nitrogens with one attached hydrogen (secondary N) is 1. The summed E-state index contributed by atoms with van der Waals surface area (Å²) in [5, 5.41) is 14.5. The summed E-state index contributed by atoms with van der Waals surface area (Å²) in [5.41, 5.74) is 1.26. The molecule has 0 spiro atoms. The van der Waals surface area contributed by atoms with Gasteiger partial charge < -0.3 is 15.0 Å². The predicted octanol–water partition coefficient (Wildman–Crippen LogP) is 3.59. The Hall–Kier alpha value is -2.93. The van der Waals surface area contributed by atoms with Crippen LogP contribution in [0.2, 0.25) is 0 Å². The average molecular weight is 355 g/mol. The molecule has 0 radical (unpaired) electrons. The Morgan fingerprint density at radius 3 is 2.42 bits per heavy atom. The minimum atomic E-state index is -0.480. The number of benzene rings is 2. The Balaban J connectivity index is 1.86. The monoisotopic (exact) mass is 355 g/mol. The fraction of sp³-hybridized carbons (Fsp3) is 0.316. The lowest BCUT2D eigenvalue weighted by Gasteiger charge is -2.35. The predicted molar refractivity (Wildman–Crippen MR) is 98.7 cm³/mol. The van der Waals surface area contributed by atoms with Crippen molar-refractivity contribution in [3.63, 3.8) is 0 Å². The number of hydrogen-bond acceptors (Lipinski definition) is 5. The highest BCUT2D eigenvalue weighted by atomic mass is 16.6. The van der Waals surface area contributed by atoms with E-state index in [1.807, 2.05) is 44.2 Å². The number of amides is 1. The molecule has 0 saturated carbocycles. The first kappa shape index (κ1) is 17.9. The van der Waals surface area contributed by atoms with Crippen molar-refractivity contribution >= 4 is 23.0 Å². The molecule has 1 fully saturated rings. The smallest absolute Gasteiger partial charge is 0.293 e. The number of morpholine rings is 1. The van der Waals surface area contributed by atoms with Gasteiger partial charge in [0.15, 0.2) is 0 Å². The van der Waals surface area contributed by atoms with E-state index in [1.165, 1.54) is 6.07 Å². The maximum Gasteiger partial charge on any atom is 0.293 e. The van der Waals surface area contributed by atoms with Crippen molar-refractivity contribution in [2.75, 3.05) is 18.4 Å². The summed E-state index contributed by atoms with van der Waals surface area (Å²) >= 11 is 0. The largest absolute Gasteiger partial charge is 0.372 e. The number of rotatable bonds is 4. The number of nitrogens with zero attached hydrogens (tertiary/aromatic N) is 2. The summed E-state index contributed by atoms with van der Waals surface area (Å²) < 4.78 is 5.64. The quantitative estimate of drug-likeness (QED) is 0.669. The van der Waals surface area contributed by atoms with Crippen molar-refractivity contribution in [3.05, 3.63) is 64.2 Å². The molecule has 2 aromatic rings. The number of ether oxygens (including phenoxy) is 1. The zero-order valence-corrected chi connectivity index (χ0v) is 14.7. The molecule has 1 aliphatic rings. The van der Waals surface area contributed by atoms with Gasteiger partial charge in [0.25, 0.3) is 11.6 Å². The molecule has 0 bridgehead atoms. The fourth-order valence-electron chi connectivity index (χ4n) is 3.12. The van der Waals surface area contributed by atoms with Crippen molar-refractivity contribution in [1.29, 1.82) is 0 Å². The van der Waals surface area contributed by atoms with Gasteiger partial charge >= 0.3 is 0 Å². The first-order valence-corrected chi connectivity index (χ1v) is 8.49.